The molecule has 0 spiro atoms. The van der Waals surface area contributed by atoms with Crippen LogP contribution in [0, 0.1) is 0 Å². The second-order valence-corrected chi connectivity index (χ2v) is 9.93. The zero-order chi connectivity index (χ0) is 18.9. The number of amides is 1. The van der Waals surface area contributed by atoms with Crippen molar-refractivity contribution in [1.82, 2.24) is 9.62 Å². The van der Waals surface area contributed by atoms with Crippen molar-refractivity contribution in [2.75, 3.05) is 14.1 Å². The second-order valence-electron chi connectivity index (χ2n) is 6.81. The van der Waals surface area contributed by atoms with Gasteiger partial charge < -0.3 is 5.32 Å². The second kappa shape index (κ2) is 7.50. The number of hydrogen-bond acceptors (Lipinski definition) is 4. The molecule has 1 unspecified atom stereocenters. The van der Waals surface area contributed by atoms with Crippen molar-refractivity contribution in [3.05, 3.63) is 51.2 Å². The lowest BCUT2D eigenvalue weighted by molar-refractivity contribution is 0.0939. The Labute approximate surface area is 159 Å². The Morgan fingerprint density at radius 1 is 1.15 bits per heavy atom. The minimum absolute atomic E-state index is 0.0538. The van der Waals surface area contributed by atoms with Crippen LogP contribution in [0.4, 0.5) is 0 Å². The van der Waals surface area contributed by atoms with Crippen molar-refractivity contribution in [3.8, 4) is 0 Å². The SMILES string of the molecule is CC(NC(=O)c1csc2c1CCCC2)c1ccc(S(=O)(=O)N(C)C)cc1. The van der Waals surface area contributed by atoms with Crippen molar-refractivity contribution >= 4 is 27.3 Å². The first-order valence-electron chi connectivity index (χ1n) is 8.73. The van der Waals surface area contributed by atoms with Crippen LogP contribution >= 0.6 is 11.3 Å². The van der Waals surface area contributed by atoms with E-state index in [0.717, 1.165) is 30.4 Å². The van der Waals surface area contributed by atoms with Gasteiger partial charge in [0, 0.05) is 24.4 Å². The van der Waals surface area contributed by atoms with Gasteiger partial charge in [0.25, 0.3) is 5.91 Å². The summed E-state index contributed by atoms with van der Waals surface area (Å²) < 4.78 is 25.5. The summed E-state index contributed by atoms with van der Waals surface area (Å²) in [6.45, 7) is 1.91. The number of aryl methyl sites for hydroxylation is 1. The van der Waals surface area contributed by atoms with Crippen molar-refractivity contribution in [2.24, 2.45) is 0 Å². The third kappa shape index (κ3) is 3.70. The highest BCUT2D eigenvalue weighted by molar-refractivity contribution is 7.89. The lowest BCUT2D eigenvalue weighted by atomic mass is 9.95. The zero-order valence-corrected chi connectivity index (χ0v) is 16.9. The maximum absolute atomic E-state index is 12.7. The highest BCUT2D eigenvalue weighted by Gasteiger charge is 2.22. The Morgan fingerprint density at radius 2 is 1.81 bits per heavy atom. The Balaban J connectivity index is 1.73. The van der Waals surface area contributed by atoms with Crippen LogP contribution in [0.2, 0.25) is 0 Å². The summed E-state index contributed by atoms with van der Waals surface area (Å²) in [4.78, 5) is 14.3. The van der Waals surface area contributed by atoms with Gasteiger partial charge in [-0.2, -0.15) is 0 Å². The number of rotatable bonds is 5. The summed E-state index contributed by atoms with van der Waals surface area (Å²) in [5.41, 5.74) is 2.88. The van der Waals surface area contributed by atoms with Gasteiger partial charge in [-0.05, 0) is 55.9 Å². The number of thiophene rings is 1. The number of hydrogen-bond donors (Lipinski definition) is 1. The molecular weight excluding hydrogens is 368 g/mol. The van der Waals surface area contributed by atoms with Gasteiger partial charge in [-0.15, -0.1) is 11.3 Å². The average Bonchev–Trinajstić information content (AvgIpc) is 3.05. The summed E-state index contributed by atoms with van der Waals surface area (Å²) in [6.07, 6.45) is 4.40. The molecule has 1 N–H and O–H groups in total. The van der Waals surface area contributed by atoms with Gasteiger partial charge in [-0.3, -0.25) is 4.79 Å². The molecule has 0 saturated carbocycles. The van der Waals surface area contributed by atoms with E-state index < -0.39 is 10.0 Å². The molecule has 0 radical (unpaired) electrons. The smallest absolute Gasteiger partial charge is 0.252 e. The summed E-state index contributed by atoms with van der Waals surface area (Å²) in [6, 6.07) is 6.48. The number of nitrogens with zero attached hydrogens (tertiary/aromatic N) is 1. The lowest BCUT2D eigenvalue weighted by Crippen LogP contribution is -2.27. The van der Waals surface area contributed by atoms with E-state index in [1.807, 2.05) is 12.3 Å². The van der Waals surface area contributed by atoms with Crippen molar-refractivity contribution in [3.63, 3.8) is 0 Å². The summed E-state index contributed by atoms with van der Waals surface area (Å²) >= 11 is 1.68. The molecule has 0 fully saturated rings. The van der Waals surface area contributed by atoms with E-state index in [-0.39, 0.29) is 16.8 Å². The minimum Gasteiger partial charge on any atom is -0.345 e. The van der Waals surface area contributed by atoms with Crippen molar-refractivity contribution in [2.45, 2.75) is 43.5 Å². The molecule has 1 amide bonds. The molecule has 1 aromatic heterocycles. The topological polar surface area (TPSA) is 66.5 Å². The van der Waals surface area contributed by atoms with Gasteiger partial charge in [0.2, 0.25) is 10.0 Å². The van der Waals surface area contributed by atoms with Crippen LogP contribution in [-0.4, -0.2) is 32.7 Å². The molecule has 3 rings (SSSR count). The molecule has 140 valence electrons. The third-order valence-corrected chi connectivity index (χ3v) is 7.73. The van der Waals surface area contributed by atoms with E-state index in [0.29, 0.717) is 0 Å². The number of benzene rings is 1. The predicted octanol–water partition coefficient (Wildman–Crippen LogP) is 3.37. The summed E-state index contributed by atoms with van der Waals surface area (Å²) in [7, 11) is -0.426. The lowest BCUT2D eigenvalue weighted by Gasteiger charge is -2.17. The largest absolute Gasteiger partial charge is 0.345 e. The minimum atomic E-state index is -3.44. The van der Waals surface area contributed by atoms with E-state index in [9.17, 15) is 13.2 Å². The fraction of sp³-hybridized carbons (Fsp3) is 0.421. The van der Waals surface area contributed by atoms with E-state index in [2.05, 4.69) is 5.32 Å². The number of carbonyl (C=O) groups excluding carboxylic acids is 1. The Bertz CT molecular complexity index is 899. The van der Waals surface area contributed by atoms with Gasteiger partial charge in [-0.1, -0.05) is 12.1 Å². The highest BCUT2D eigenvalue weighted by atomic mass is 32.2. The number of nitrogens with one attached hydrogen (secondary N) is 1. The first-order chi connectivity index (χ1) is 12.3. The Kier molecular flexibility index (Phi) is 5.50. The molecule has 1 aromatic carbocycles. The molecule has 2 aromatic rings. The van der Waals surface area contributed by atoms with E-state index >= 15 is 0 Å². The molecule has 0 bridgehead atoms. The standard InChI is InChI=1S/C19H24N2O3S2/c1-13(14-8-10-15(11-9-14)26(23,24)21(2)3)20-19(22)17-12-25-18-7-5-4-6-16(17)18/h8-13H,4-7H2,1-3H3,(H,20,22). The van der Waals surface area contributed by atoms with Crippen molar-refractivity contribution in [1.29, 1.82) is 0 Å². The Hall–Kier alpha value is -1.70. The third-order valence-electron chi connectivity index (χ3n) is 4.81. The number of carbonyl (C=O) groups is 1. The molecule has 1 heterocycles. The van der Waals surface area contributed by atoms with Crippen LogP contribution in [0.3, 0.4) is 0 Å². The van der Waals surface area contributed by atoms with Gasteiger partial charge in [0.05, 0.1) is 16.5 Å². The van der Waals surface area contributed by atoms with E-state index in [1.165, 1.54) is 35.3 Å². The fourth-order valence-corrected chi connectivity index (χ4v) is 5.21. The quantitative estimate of drug-likeness (QED) is 0.848. The molecule has 0 saturated heterocycles. The Morgan fingerprint density at radius 3 is 2.46 bits per heavy atom. The predicted molar refractivity (Wildman–Crippen MR) is 104 cm³/mol. The monoisotopic (exact) mass is 392 g/mol. The maximum Gasteiger partial charge on any atom is 0.252 e. The molecule has 26 heavy (non-hydrogen) atoms. The molecular formula is C19H24N2O3S2. The van der Waals surface area contributed by atoms with E-state index in [4.69, 9.17) is 0 Å². The summed E-state index contributed by atoms with van der Waals surface area (Å²) in [5.74, 6) is -0.0538. The maximum atomic E-state index is 12.7. The van der Waals surface area contributed by atoms with Gasteiger partial charge >= 0.3 is 0 Å². The van der Waals surface area contributed by atoms with Gasteiger partial charge in [-0.25, -0.2) is 12.7 Å². The van der Waals surface area contributed by atoms with E-state index in [1.54, 1.807) is 35.6 Å². The molecule has 1 aliphatic carbocycles. The van der Waals surface area contributed by atoms with Crippen LogP contribution in [0.5, 0.6) is 0 Å². The summed E-state index contributed by atoms with van der Waals surface area (Å²) in [5, 5.41) is 5.00. The molecule has 1 atom stereocenters. The molecule has 5 nitrogen and oxygen atoms in total. The first kappa shape index (κ1) is 19.1. The molecule has 1 aliphatic rings. The molecule has 7 heteroatoms. The first-order valence-corrected chi connectivity index (χ1v) is 11.0. The van der Waals surface area contributed by atoms with Gasteiger partial charge in [0.1, 0.15) is 0 Å². The number of sulfonamides is 1. The molecule has 0 aliphatic heterocycles. The van der Waals surface area contributed by atoms with Gasteiger partial charge in [0.15, 0.2) is 0 Å². The van der Waals surface area contributed by atoms with Crippen LogP contribution in [-0.2, 0) is 22.9 Å². The fourth-order valence-electron chi connectivity index (χ4n) is 3.18. The number of fused-ring (bicyclic) bond motifs is 1. The van der Waals surface area contributed by atoms with Crippen LogP contribution in [0.15, 0.2) is 34.5 Å². The zero-order valence-electron chi connectivity index (χ0n) is 15.3. The van der Waals surface area contributed by atoms with Crippen LogP contribution < -0.4 is 5.32 Å². The van der Waals surface area contributed by atoms with Crippen LogP contribution in [0.25, 0.3) is 0 Å². The average molecular weight is 393 g/mol. The highest BCUT2D eigenvalue weighted by Crippen LogP contribution is 2.30. The normalized spacial score (nSPS) is 15.5. The van der Waals surface area contributed by atoms with Crippen molar-refractivity contribution < 1.29 is 13.2 Å². The van der Waals surface area contributed by atoms with Crippen LogP contribution in [0.1, 0.15) is 52.2 Å².